The molecule has 1 aliphatic rings. The Balaban J connectivity index is 1.92. The van der Waals surface area contributed by atoms with Crippen LogP contribution in [0.3, 0.4) is 0 Å². The number of anilines is 1. The summed E-state index contributed by atoms with van der Waals surface area (Å²) in [4.78, 5) is 5.03. The molecule has 0 saturated carbocycles. The van der Waals surface area contributed by atoms with Gasteiger partial charge in [-0.25, -0.2) is 0 Å². The second-order valence-electron chi connectivity index (χ2n) is 4.54. The van der Waals surface area contributed by atoms with Crippen molar-refractivity contribution >= 4 is 21.4 Å². The van der Waals surface area contributed by atoms with Gasteiger partial charge in [0.15, 0.2) is 0 Å². The van der Waals surface area contributed by atoms with Gasteiger partial charge in [0.05, 0.1) is 0 Å². The second-order valence-corrected chi connectivity index (χ2v) is 6.81. The van der Waals surface area contributed by atoms with Crippen molar-refractivity contribution in [1.82, 2.24) is 4.90 Å². The van der Waals surface area contributed by atoms with E-state index in [1.165, 1.54) is 30.5 Å². The summed E-state index contributed by atoms with van der Waals surface area (Å²) < 4.78 is 5.44. The molecule has 18 heavy (non-hydrogen) atoms. The molecule has 4 heteroatoms. The molecule has 0 N–H and O–H groups in total. The Bertz CT molecular complexity index is 365. The maximum atomic E-state index is 5.44. The number of ether oxygens (including phenoxy) is 1. The molecular weight excluding hydrogens is 287 g/mol. The van der Waals surface area contributed by atoms with Gasteiger partial charge in [-0.2, -0.15) is 0 Å². The fourth-order valence-electron chi connectivity index (χ4n) is 2.34. The van der Waals surface area contributed by atoms with Crippen LogP contribution in [-0.2, 0) is 0 Å². The summed E-state index contributed by atoms with van der Waals surface area (Å²) in [6.07, 6.45) is 0. The topological polar surface area (TPSA) is 15.7 Å². The van der Waals surface area contributed by atoms with E-state index in [9.17, 15) is 0 Å². The third kappa shape index (κ3) is 3.43. The Labute approximate surface area is 117 Å². The second kappa shape index (κ2) is 7.06. The average Bonchev–Trinajstić information content (AvgIpc) is 2.45. The third-order valence-corrected chi connectivity index (χ3v) is 4.80. The molecule has 0 aromatic heterocycles. The number of piperazine rings is 1. The van der Waals surface area contributed by atoms with Crippen LogP contribution in [0.1, 0.15) is 0 Å². The summed E-state index contributed by atoms with van der Waals surface area (Å²) in [6, 6.07) is 8.32. The number of methoxy groups -OCH3 is 1. The number of hydrogen-bond acceptors (Lipinski definition) is 3. The first-order chi connectivity index (χ1) is 8.85. The van der Waals surface area contributed by atoms with E-state index < -0.39 is 0 Å². The molecule has 1 radical (unpaired) electrons. The zero-order valence-corrected chi connectivity index (χ0v) is 13.2. The Hall–Kier alpha value is -0.662. The minimum absolute atomic E-state index is 0.566. The molecular formula is C14H22AsN2O. The Morgan fingerprint density at radius 1 is 1.17 bits per heavy atom. The first-order valence-electron chi connectivity index (χ1n) is 6.51. The standard InChI is InChI=1S/C14H22AsN2O/c1-15-7-8-16-9-11-17(12-10-16)13-5-3-4-6-14(13)18-2/h3-6H,7-12H2,1-2H3. The van der Waals surface area contributed by atoms with Gasteiger partial charge >= 0.3 is 117 Å². The van der Waals surface area contributed by atoms with Crippen molar-refractivity contribution in [1.29, 1.82) is 0 Å². The van der Waals surface area contributed by atoms with Gasteiger partial charge in [-0.3, -0.25) is 0 Å². The summed E-state index contributed by atoms with van der Waals surface area (Å²) in [5, 5.41) is 1.41. The molecule has 1 fully saturated rings. The van der Waals surface area contributed by atoms with Crippen molar-refractivity contribution in [3.8, 4) is 5.75 Å². The van der Waals surface area contributed by atoms with E-state index in [0.717, 1.165) is 18.8 Å². The SMILES string of the molecule is COc1ccccc1N1CCN(CC[As]C)CC1. The number of hydrogen-bond donors (Lipinski definition) is 0. The van der Waals surface area contributed by atoms with Crippen LogP contribution < -0.4 is 9.64 Å². The quantitative estimate of drug-likeness (QED) is 0.774. The van der Waals surface area contributed by atoms with Gasteiger partial charge in [0.2, 0.25) is 0 Å². The van der Waals surface area contributed by atoms with Crippen LogP contribution in [0, 0.1) is 0 Å². The van der Waals surface area contributed by atoms with Crippen molar-refractivity contribution in [2.45, 2.75) is 10.9 Å². The molecule has 0 unspecified atom stereocenters. The zero-order chi connectivity index (χ0) is 12.8. The predicted octanol–water partition coefficient (Wildman–Crippen LogP) is 1.99. The van der Waals surface area contributed by atoms with Gasteiger partial charge in [0.1, 0.15) is 0 Å². The molecule has 2 rings (SSSR count). The molecule has 1 saturated heterocycles. The third-order valence-electron chi connectivity index (χ3n) is 3.44. The molecule has 1 aromatic rings. The molecule has 1 aromatic carbocycles. The van der Waals surface area contributed by atoms with Crippen molar-refractivity contribution in [3.63, 3.8) is 0 Å². The van der Waals surface area contributed by atoms with Crippen LogP contribution in [0.25, 0.3) is 0 Å². The van der Waals surface area contributed by atoms with Crippen molar-refractivity contribution < 1.29 is 4.74 Å². The number of benzene rings is 1. The summed E-state index contributed by atoms with van der Waals surface area (Å²) in [6.45, 7) is 5.87. The molecule has 1 heterocycles. The van der Waals surface area contributed by atoms with Crippen LogP contribution >= 0.6 is 0 Å². The first kappa shape index (κ1) is 13.8. The van der Waals surface area contributed by atoms with Gasteiger partial charge in [-0.1, -0.05) is 0 Å². The number of para-hydroxylation sites is 2. The average molecular weight is 309 g/mol. The van der Waals surface area contributed by atoms with Crippen LogP contribution in [-0.4, -0.2) is 60.5 Å². The van der Waals surface area contributed by atoms with Gasteiger partial charge < -0.3 is 0 Å². The summed E-state index contributed by atoms with van der Waals surface area (Å²) in [7, 11) is 1.75. The maximum absolute atomic E-state index is 5.44. The van der Waals surface area contributed by atoms with E-state index in [-0.39, 0.29) is 0 Å². The molecule has 0 atom stereocenters. The summed E-state index contributed by atoms with van der Waals surface area (Å²) in [5.74, 6) is 0.990. The monoisotopic (exact) mass is 309 g/mol. The minimum atomic E-state index is 0.566. The van der Waals surface area contributed by atoms with E-state index in [2.05, 4.69) is 27.6 Å². The van der Waals surface area contributed by atoms with E-state index >= 15 is 0 Å². The number of rotatable bonds is 5. The molecule has 0 amide bonds. The van der Waals surface area contributed by atoms with Crippen LogP contribution in [0.5, 0.6) is 5.75 Å². The molecule has 3 nitrogen and oxygen atoms in total. The summed E-state index contributed by atoms with van der Waals surface area (Å²) in [5.41, 5.74) is 3.59. The fourth-order valence-corrected chi connectivity index (χ4v) is 3.36. The van der Waals surface area contributed by atoms with E-state index in [0.29, 0.717) is 15.8 Å². The Morgan fingerprint density at radius 2 is 1.89 bits per heavy atom. The van der Waals surface area contributed by atoms with Gasteiger partial charge in [0, 0.05) is 0 Å². The van der Waals surface area contributed by atoms with Crippen LogP contribution in [0.4, 0.5) is 5.69 Å². The normalized spacial score (nSPS) is 17.6. The Morgan fingerprint density at radius 3 is 2.56 bits per heavy atom. The van der Waals surface area contributed by atoms with Gasteiger partial charge in [0.25, 0.3) is 0 Å². The van der Waals surface area contributed by atoms with Crippen molar-refractivity contribution in [3.05, 3.63) is 24.3 Å². The van der Waals surface area contributed by atoms with E-state index in [1.54, 1.807) is 7.11 Å². The fraction of sp³-hybridized carbons (Fsp3) is 0.571. The molecule has 0 spiro atoms. The van der Waals surface area contributed by atoms with Crippen molar-refractivity contribution in [2.24, 2.45) is 0 Å². The van der Waals surface area contributed by atoms with E-state index in [1.807, 2.05) is 12.1 Å². The molecule has 1 aliphatic heterocycles. The summed E-state index contributed by atoms with van der Waals surface area (Å²) >= 11 is 0.566. The first-order valence-corrected chi connectivity index (χ1v) is 9.71. The predicted molar refractivity (Wildman–Crippen MR) is 78.1 cm³/mol. The van der Waals surface area contributed by atoms with Crippen LogP contribution in [0.2, 0.25) is 10.9 Å². The van der Waals surface area contributed by atoms with Gasteiger partial charge in [-0.05, 0) is 0 Å². The van der Waals surface area contributed by atoms with Crippen molar-refractivity contribution in [2.75, 3.05) is 44.7 Å². The Kier molecular flexibility index (Phi) is 5.40. The number of nitrogens with zero attached hydrogens (tertiary/aromatic N) is 2. The molecule has 0 bridgehead atoms. The zero-order valence-electron chi connectivity index (χ0n) is 11.3. The molecule has 99 valence electrons. The molecule has 0 aliphatic carbocycles. The van der Waals surface area contributed by atoms with Crippen LogP contribution in [0.15, 0.2) is 24.3 Å². The van der Waals surface area contributed by atoms with Gasteiger partial charge in [-0.15, -0.1) is 0 Å². The van der Waals surface area contributed by atoms with E-state index in [4.69, 9.17) is 4.74 Å².